The third kappa shape index (κ3) is 3.41. The summed E-state index contributed by atoms with van der Waals surface area (Å²) in [4.78, 5) is 4.35. The van der Waals surface area contributed by atoms with Crippen LogP contribution in [0.5, 0.6) is 5.75 Å². The van der Waals surface area contributed by atoms with Crippen molar-refractivity contribution in [2.24, 2.45) is 0 Å². The summed E-state index contributed by atoms with van der Waals surface area (Å²) in [6.07, 6.45) is 1.14. The molecule has 102 valence electrons. The fourth-order valence-electron chi connectivity index (χ4n) is 1.61. The molecule has 19 heavy (non-hydrogen) atoms. The Morgan fingerprint density at radius 1 is 1.42 bits per heavy atom. The fraction of sp³-hybridized carbons (Fsp3) is 0.385. The van der Waals surface area contributed by atoms with E-state index in [0.717, 1.165) is 23.5 Å². The second kappa shape index (κ2) is 6.47. The molecule has 2 aromatic rings. The van der Waals surface area contributed by atoms with Gasteiger partial charge in [-0.05, 0) is 30.4 Å². The summed E-state index contributed by atoms with van der Waals surface area (Å²) in [5.41, 5.74) is 7.21. The molecule has 0 fully saturated rings. The Labute approximate surface area is 116 Å². The molecule has 0 aliphatic heterocycles. The molecule has 0 atom stereocenters. The highest BCUT2D eigenvalue weighted by molar-refractivity contribution is 7.98. The van der Waals surface area contributed by atoms with Gasteiger partial charge < -0.3 is 15.0 Å². The second-order valence-electron chi connectivity index (χ2n) is 4.03. The Morgan fingerprint density at radius 2 is 2.26 bits per heavy atom. The van der Waals surface area contributed by atoms with Crippen molar-refractivity contribution in [3.05, 3.63) is 24.0 Å². The van der Waals surface area contributed by atoms with E-state index in [1.54, 1.807) is 31.0 Å². The van der Waals surface area contributed by atoms with E-state index in [1.165, 1.54) is 0 Å². The lowest BCUT2D eigenvalue weighted by atomic mass is 10.2. The second-order valence-corrected chi connectivity index (χ2v) is 5.13. The van der Waals surface area contributed by atoms with E-state index >= 15 is 0 Å². The van der Waals surface area contributed by atoms with Gasteiger partial charge in [0.25, 0.3) is 5.89 Å². The monoisotopic (exact) mass is 279 g/mol. The summed E-state index contributed by atoms with van der Waals surface area (Å²) >= 11 is 1.79. The summed E-state index contributed by atoms with van der Waals surface area (Å²) in [7, 11) is 1.58. The van der Waals surface area contributed by atoms with Gasteiger partial charge in [0.1, 0.15) is 5.75 Å². The molecule has 2 rings (SSSR count). The zero-order valence-corrected chi connectivity index (χ0v) is 11.9. The van der Waals surface area contributed by atoms with Gasteiger partial charge >= 0.3 is 0 Å². The maximum Gasteiger partial charge on any atom is 0.258 e. The molecule has 0 saturated heterocycles. The quantitative estimate of drug-likeness (QED) is 0.647. The van der Waals surface area contributed by atoms with Gasteiger partial charge in [-0.1, -0.05) is 12.1 Å². The molecular weight excluding hydrogens is 262 g/mol. The van der Waals surface area contributed by atoms with Crippen LogP contribution in [0.4, 0.5) is 5.69 Å². The number of nitrogens with two attached hydrogens (primary N) is 1. The first-order chi connectivity index (χ1) is 9.24. The Bertz CT molecular complexity index is 542. The minimum Gasteiger partial charge on any atom is -0.495 e. The van der Waals surface area contributed by atoms with Crippen LogP contribution in [0.3, 0.4) is 0 Å². The van der Waals surface area contributed by atoms with Crippen LogP contribution in [-0.4, -0.2) is 23.0 Å². The van der Waals surface area contributed by atoms with Gasteiger partial charge in [-0.15, -0.1) is 0 Å². The number of anilines is 1. The van der Waals surface area contributed by atoms with Crippen LogP contribution >= 0.6 is 11.8 Å². The van der Waals surface area contributed by atoms with Gasteiger partial charge in [-0.25, -0.2) is 0 Å². The van der Waals surface area contributed by atoms with Gasteiger partial charge in [0.05, 0.1) is 18.6 Å². The molecule has 1 aromatic heterocycles. The minimum atomic E-state index is 0.487. The van der Waals surface area contributed by atoms with Gasteiger partial charge in [0.2, 0.25) is 0 Å². The van der Waals surface area contributed by atoms with Crippen molar-refractivity contribution >= 4 is 17.4 Å². The maximum absolute atomic E-state index is 5.86. The normalized spacial score (nSPS) is 10.6. The molecule has 6 heteroatoms. The number of nitrogens with zero attached hydrogens (tertiary/aromatic N) is 2. The number of thioether (sulfide) groups is 1. The van der Waals surface area contributed by atoms with Crippen LogP contribution in [0, 0.1) is 0 Å². The standard InChI is InChI=1S/C13H17N3O2S/c1-3-6-19-8-12-15-13(18-16-12)9-4-5-11(17-2)10(14)7-9/h4-5,7H,3,6,8,14H2,1-2H3. The maximum atomic E-state index is 5.86. The predicted octanol–water partition coefficient (Wildman–Crippen LogP) is 2.97. The SMILES string of the molecule is CCCSCc1noc(-c2ccc(OC)c(N)c2)n1. The molecule has 0 saturated carbocycles. The lowest BCUT2D eigenvalue weighted by molar-refractivity contribution is 0.416. The van der Waals surface area contributed by atoms with E-state index < -0.39 is 0 Å². The van der Waals surface area contributed by atoms with Crippen LogP contribution in [0.2, 0.25) is 0 Å². The van der Waals surface area contributed by atoms with Crippen molar-refractivity contribution in [2.75, 3.05) is 18.6 Å². The van der Waals surface area contributed by atoms with Crippen molar-refractivity contribution in [3.63, 3.8) is 0 Å². The third-order valence-electron chi connectivity index (χ3n) is 2.52. The first kappa shape index (κ1) is 13.7. The molecule has 0 spiro atoms. The van der Waals surface area contributed by atoms with E-state index in [-0.39, 0.29) is 0 Å². The van der Waals surface area contributed by atoms with Crippen LogP contribution in [0.25, 0.3) is 11.5 Å². The van der Waals surface area contributed by atoms with E-state index in [2.05, 4.69) is 17.1 Å². The largest absolute Gasteiger partial charge is 0.495 e. The average Bonchev–Trinajstić information content (AvgIpc) is 2.88. The van der Waals surface area contributed by atoms with Crippen molar-refractivity contribution in [1.29, 1.82) is 0 Å². The van der Waals surface area contributed by atoms with E-state index in [0.29, 0.717) is 23.2 Å². The molecule has 2 N–H and O–H groups in total. The van der Waals surface area contributed by atoms with Crippen molar-refractivity contribution < 1.29 is 9.26 Å². The number of hydrogen-bond acceptors (Lipinski definition) is 6. The fourth-order valence-corrected chi connectivity index (χ4v) is 2.34. The summed E-state index contributed by atoms with van der Waals surface area (Å²) < 4.78 is 10.4. The minimum absolute atomic E-state index is 0.487. The van der Waals surface area contributed by atoms with Crippen molar-refractivity contribution in [3.8, 4) is 17.2 Å². The number of hydrogen-bond donors (Lipinski definition) is 1. The number of aromatic nitrogens is 2. The molecule has 1 heterocycles. The Balaban J connectivity index is 2.11. The Kier molecular flexibility index (Phi) is 4.68. The summed E-state index contributed by atoms with van der Waals surface area (Å²) in [5, 5.41) is 3.96. The van der Waals surface area contributed by atoms with Crippen molar-refractivity contribution in [2.45, 2.75) is 19.1 Å². The zero-order chi connectivity index (χ0) is 13.7. The number of methoxy groups -OCH3 is 1. The number of ether oxygens (including phenoxy) is 1. The Morgan fingerprint density at radius 3 is 2.95 bits per heavy atom. The number of benzene rings is 1. The summed E-state index contributed by atoms with van der Waals surface area (Å²) in [5.74, 6) is 3.70. The van der Waals surface area contributed by atoms with E-state index in [1.807, 2.05) is 6.07 Å². The van der Waals surface area contributed by atoms with Crippen molar-refractivity contribution in [1.82, 2.24) is 10.1 Å². The molecular formula is C13H17N3O2S. The van der Waals surface area contributed by atoms with E-state index in [4.69, 9.17) is 15.0 Å². The molecule has 0 amide bonds. The average molecular weight is 279 g/mol. The molecule has 0 aliphatic rings. The van der Waals surface area contributed by atoms with E-state index in [9.17, 15) is 0 Å². The molecule has 0 radical (unpaired) electrons. The summed E-state index contributed by atoms with van der Waals surface area (Å²) in [6.45, 7) is 2.15. The third-order valence-corrected chi connectivity index (χ3v) is 3.68. The molecule has 1 aromatic carbocycles. The van der Waals surface area contributed by atoms with Gasteiger partial charge in [-0.3, -0.25) is 0 Å². The lowest BCUT2D eigenvalue weighted by Gasteiger charge is -2.04. The highest BCUT2D eigenvalue weighted by atomic mass is 32.2. The first-order valence-electron chi connectivity index (χ1n) is 6.08. The topological polar surface area (TPSA) is 74.2 Å². The molecule has 0 unspecified atom stereocenters. The van der Waals surface area contributed by atoms with Crippen LogP contribution < -0.4 is 10.5 Å². The van der Waals surface area contributed by atoms with Crippen LogP contribution in [-0.2, 0) is 5.75 Å². The molecule has 5 nitrogen and oxygen atoms in total. The molecule has 0 bridgehead atoms. The number of rotatable bonds is 6. The first-order valence-corrected chi connectivity index (χ1v) is 7.24. The highest BCUT2D eigenvalue weighted by Crippen LogP contribution is 2.27. The highest BCUT2D eigenvalue weighted by Gasteiger charge is 2.10. The van der Waals surface area contributed by atoms with Gasteiger partial charge in [-0.2, -0.15) is 16.7 Å². The zero-order valence-electron chi connectivity index (χ0n) is 11.0. The summed E-state index contributed by atoms with van der Waals surface area (Å²) in [6, 6.07) is 5.42. The lowest BCUT2D eigenvalue weighted by Crippen LogP contribution is -1.92. The Hall–Kier alpha value is -1.69. The van der Waals surface area contributed by atoms with Gasteiger partial charge in [0.15, 0.2) is 5.82 Å². The van der Waals surface area contributed by atoms with Crippen LogP contribution in [0.1, 0.15) is 19.2 Å². The van der Waals surface area contributed by atoms with Crippen LogP contribution in [0.15, 0.2) is 22.7 Å². The number of nitrogen functional groups attached to an aromatic ring is 1. The molecule has 0 aliphatic carbocycles. The predicted molar refractivity (Wildman–Crippen MR) is 77.2 cm³/mol. The van der Waals surface area contributed by atoms with Gasteiger partial charge in [0, 0.05) is 5.56 Å². The smallest absolute Gasteiger partial charge is 0.258 e.